The average molecular weight is 255 g/mol. The van der Waals surface area contributed by atoms with Gasteiger partial charge in [0.05, 0.1) is 22.7 Å². The Kier molecular flexibility index (Phi) is 5.39. The van der Waals surface area contributed by atoms with E-state index in [2.05, 4.69) is 17.5 Å². The first-order valence-electron chi connectivity index (χ1n) is 6.65. The second kappa shape index (κ2) is 6.81. The Hall–Kier alpha value is -2.00. The largest absolute Gasteiger partial charge is 0.384 e. The molecule has 1 aromatic carbocycles. The smallest absolute Gasteiger partial charge is 0.102 e. The Morgan fingerprint density at radius 1 is 1.21 bits per heavy atom. The lowest BCUT2D eigenvalue weighted by Gasteiger charge is -2.15. The Labute approximate surface area is 115 Å². The van der Waals surface area contributed by atoms with E-state index in [-0.39, 0.29) is 5.41 Å². The van der Waals surface area contributed by atoms with Gasteiger partial charge in [0.2, 0.25) is 0 Å². The van der Waals surface area contributed by atoms with Crippen molar-refractivity contribution in [2.24, 2.45) is 5.41 Å². The van der Waals surface area contributed by atoms with Crippen LogP contribution in [0.1, 0.15) is 44.2 Å². The van der Waals surface area contributed by atoms with E-state index in [1.165, 1.54) is 0 Å². The molecule has 100 valence electrons. The van der Waals surface area contributed by atoms with E-state index in [1.807, 2.05) is 39.0 Å². The molecule has 0 aliphatic heterocycles. The van der Waals surface area contributed by atoms with E-state index in [0.29, 0.717) is 0 Å². The van der Waals surface area contributed by atoms with Crippen LogP contribution in [0.3, 0.4) is 0 Å². The van der Waals surface area contributed by atoms with Crippen molar-refractivity contribution >= 4 is 5.69 Å². The summed E-state index contributed by atoms with van der Waals surface area (Å²) in [6.45, 7) is 6.71. The zero-order chi connectivity index (χ0) is 14.3. The summed E-state index contributed by atoms with van der Waals surface area (Å²) in [5, 5.41) is 21.3. The van der Waals surface area contributed by atoms with E-state index >= 15 is 0 Å². The molecule has 0 aromatic heterocycles. The second-order valence-electron chi connectivity index (χ2n) is 5.49. The van der Waals surface area contributed by atoms with Gasteiger partial charge in [0, 0.05) is 6.54 Å². The number of unbranched alkanes of at least 4 members (excludes halogenated alkanes) is 1. The van der Waals surface area contributed by atoms with Gasteiger partial charge in [0.25, 0.3) is 0 Å². The highest BCUT2D eigenvalue weighted by Crippen LogP contribution is 2.22. The fourth-order valence-corrected chi connectivity index (χ4v) is 1.93. The molecule has 1 N–H and O–H groups in total. The lowest BCUT2D eigenvalue weighted by Crippen LogP contribution is -2.09. The van der Waals surface area contributed by atoms with Crippen LogP contribution in [0.25, 0.3) is 0 Å². The fourth-order valence-electron chi connectivity index (χ4n) is 1.93. The number of hydrogen-bond acceptors (Lipinski definition) is 3. The van der Waals surface area contributed by atoms with Crippen LogP contribution < -0.4 is 5.32 Å². The highest BCUT2D eigenvalue weighted by atomic mass is 14.9. The van der Waals surface area contributed by atoms with Crippen molar-refractivity contribution in [2.75, 3.05) is 11.9 Å². The van der Waals surface area contributed by atoms with Crippen molar-refractivity contribution in [3.8, 4) is 12.1 Å². The fraction of sp³-hybridized carbons (Fsp3) is 0.500. The first kappa shape index (κ1) is 15.1. The molecule has 0 aliphatic carbocycles. The van der Waals surface area contributed by atoms with Gasteiger partial charge in [-0.2, -0.15) is 10.5 Å². The standard InChI is InChI=1S/C16H21N3/c1-13-7-6-8-15(14(13)11-17)19-10-5-4-9-16(2,3)12-18/h6-8,19H,4-5,9-10H2,1-3H3. The highest BCUT2D eigenvalue weighted by molar-refractivity contribution is 5.60. The maximum Gasteiger partial charge on any atom is 0.102 e. The first-order valence-corrected chi connectivity index (χ1v) is 6.65. The summed E-state index contributed by atoms with van der Waals surface area (Å²) in [7, 11) is 0. The van der Waals surface area contributed by atoms with Crippen molar-refractivity contribution in [2.45, 2.75) is 40.0 Å². The number of rotatable bonds is 6. The van der Waals surface area contributed by atoms with Gasteiger partial charge in [-0.15, -0.1) is 0 Å². The zero-order valence-corrected chi connectivity index (χ0v) is 12.0. The summed E-state index contributed by atoms with van der Waals surface area (Å²) in [6, 6.07) is 10.4. The van der Waals surface area contributed by atoms with Gasteiger partial charge < -0.3 is 5.32 Å². The molecule has 0 heterocycles. The summed E-state index contributed by atoms with van der Waals surface area (Å²) in [6.07, 6.45) is 2.93. The van der Waals surface area contributed by atoms with Crippen LogP contribution >= 0.6 is 0 Å². The number of aryl methyl sites for hydroxylation is 1. The quantitative estimate of drug-likeness (QED) is 0.781. The van der Waals surface area contributed by atoms with E-state index in [9.17, 15) is 0 Å². The maximum atomic E-state index is 9.11. The number of benzene rings is 1. The van der Waals surface area contributed by atoms with Gasteiger partial charge in [-0.1, -0.05) is 18.6 Å². The maximum absolute atomic E-state index is 9.11. The molecule has 1 rings (SSSR count). The summed E-state index contributed by atoms with van der Waals surface area (Å²) in [4.78, 5) is 0. The SMILES string of the molecule is Cc1cccc(NCCCCC(C)(C)C#N)c1C#N. The molecule has 0 fully saturated rings. The lowest BCUT2D eigenvalue weighted by atomic mass is 9.89. The molecular formula is C16H21N3. The highest BCUT2D eigenvalue weighted by Gasteiger charge is 2.15. The third-order valence-electron chi connectivity index (χ3n) is 3.23. The topological polar surface area (TPSA) is 59.6 Å². The molecule has 0 unspecified atom stereocenters. The van der Waals surface area contributed by atoms with E-state index < -0.39 is 0 Å². The zero-order valence-electron chi connectivity index (χ0n) is 12.0. The monoisotopic (exact) mass is 255 g/mol. The van der Waals surface area contributed by atoms with Gasteiger partial charge in [-0.25, -0.2) is 0 Å². The summed E-state index contributed by atoms with van der Waals surface area (Å²) < 4.78 is 0. The molecule has 0 bridgehead atoms. The first-order chi connectivity index (χ1) is 9.00. The number of nitrogens with one attached hydrogen (secondary N) is 1. The molecule has 0 saturated carbocycles. The second-order valence-corrected chi connectivity index (χ2v) is 5.49. The molecule has 1 aromatic rings. The third-order valence-corrected chi connectivity index (χ3v) is 3.23. The van der Waals surface area contributed by atoms with Gasteiger partial charge in [-0.05, 0) is 45.2 Å². The predicted octanol–water partition coefficient (Wildman–Crippen LogP) is 4.00. The van der Waals surface area contributed by atoms with Gasteiger partial charge in [-0.3, -0.25) is 0 Å². The van der Waals surface area contributed by atoms with Gasteiger partial charge in [0.1, 0.15) is 6.07 Å². The third kappa shape index (κ3) is 4.64. The summed E-state index contributed by atoms with van der Waals surface area (Å²) in [5.41, 5.74) is 2.39. The van der Waals surface area contributed by atoms with Crippen molar-refractivity contribution in [3.63, 3.8) is 0 Å². The molecule has 0 amide bonds. The molecule has 0 aliphatic rings. The van der Waals surface area contributed by atoms with Crippen LogP contribution in [0.15, 0.2) is 18.2 Å². The number of nitrogens with zero attached hydrogens (tertiary/aromatic N) is 2. The summed E-state index contributed by atoms with van der Waals surface area (Å²) in [5.74, 6) is 0. The number of nitriles is 2. The van der Waals surface area contributed by atoms with Crippen molar-refractivity contribution in [3.05, 3.63) is 29.3 Å². The molecule has 3 heteroatoms. The minimum absolute atomic E-state index is 0.235. The van der Waals surface area contributed by atoms with E-state index in [1.54, 1.807) is 0 Å². The molecular weight excluding hydrogens is 234 g/mol. The molecule has 0 atom stereocenters. The van der Waals surface area contributed by atoms with Crippen molar-refractivity contribution < 1.29 is 0 Å². The van der Waals surface area contributed by atoms with Crippen molar-refractivity contribution in [1.29, 1.82) is 10.5 Å². The normalized spacial score (nSPS) is 10.6. The minimum Gasteiger partial charge on any atom is -0.384 e. The predicted molar refractivity (Wildman–Crippen MR) is 77.6 cm³/mol. The van der Waals surface area contributed by atoms with Crippen LogP contribution in [0.2, 0.25) is 0 Å². The Bertz CT molecular complexity index is 504. The Balaban J connectivity index is 2.41. The van der Waals surface area contributed by atoms with Gasteiger partial charge in [0.15, 0.2) is 0 Å². The molecule has 0 saturated heterocycles. The van der Waals surface area contributed by atoms with Crippen LogP contribution in [0, 0.1) is 35.0 Å². The lowest BCUT2D eigenvalue weighted by molar-refractivity contribution is 0.430. The molecule has 19 heavy (non-hydrogen) atoms. The average Bonchev–Trinajstić information content (AvgIpc) is 2.38. The van der Waals surface area contributed by atoms with Crippen molar-refractivity contribution in [1.82, 2.24) is 0 Å². The van der Waals surface area contributed by atoms with Gasteiger partial charge >= 0.3 is 0 Å². The Morgan fingerprint density at radius 2 is 1.95 bits per heavy atom. The van der Waals surface area contributed by atoms with Crippen LogP contribution in [0.4, 0.5) is 5.69 Å². The van der Waals surface area contributed by atoms with Crippen LogP contribution in [-0.2, 0) is 0 Å². The molecule has 0 spiro atoms. The Morgan fingerprint density at radius 3 is 2.58 bits per heavy atom. The number of anilines is 1. The van der Waals surface area contributed by atoms with Crippen LogP contribution in [-0.4, -0.2) is 6.54 Å². The molecule has 0 radical (unpaired) electrons. The van der Waals surface area contributed by atoms with E-state index in [4.69, 9.17) is 10.5 Å². The number of hydrogen-bond donors (Lipinski definition) is 1. The molecule has 3 nitrogen and oxygen atoms in total. The minimum atomic E-state index is -0.235. The van der Waals surface area contributed by atoms with Crippen LogP contribution in [0.5, 0.6) is 0 Å². The van der Waals surface area contributed by atoms with E-state index in [0.717, 1.165) is 42.6 Å². The summed E-state index contributed by atoms with van der Waals surface area (Å²) >= 11 is 0.